The number of piperidine rings is 1. The summed E-state index contributed by atoms with van der Waals surface area (Å²) in [6.45, 7) is 3.94. The molecule has 2 aromatic rings. The van der Waals surface area contributed by atoms with E-state index in [1.165, 1.54) is 0 Å². The molecular formula is C11H15N5O. The second-order valence-electron chi connectivity index (χ2n) is 4.41. The topological polar surface area (TPSA) is 79.6 Å². The van der Waals surface area contributed by atoms with E-state index in [2.05, 4.69) is 25.4 Å². The Labute approximate surface area is 98.8 Å². The standard InChI is InChI=1S/C11H15N5O/c1-7-5-13-9(14-7)10-15-11(17-16-10)8-3-2-4-12-6-8/h5,8,12H,2-4,6H2,1H3,(H,13,14)/t8-/m0/s1. The van der Waals surface area contributed by atoms with E-state index in [-0.39, 0.29) is 0 Å². The Kier molecular flexibility index (Phi) is 2.64. The first kappa shape index (κ1) is 10.5. The summed E-state index contributed by atoms with van der Waals surface area (Å²) in [5.41, 5.74) is 0.991. The van der Waals surface area contributed by atoms with E-state index in [1.807, 2.05) is 6.92 Å². The van der Waals surface area contributed by atoms with Crippen molar-refractivity contribution < 1.29 is 4.52 Å². The van der Waals surface area contributed by atoms with Crippen molar-refractivity contribution in [2.24, 2.45) is 0 Å². The molecule has 6 nitrogen and oxygen atoms in total. The zero-order chi connectivity index (χ0) is 11.7. The number of rotatable bonds is 2. The highest BCUT2D eigenvalue weighted by Gasteiger charge is 2.22. The molecule has 0 aliphatic carbocycles. The fourth-order valence-corrected chi connectivity index (χ4v) is 2.09. The van der Waals surface area contributed by atoms with Gasteiger partial charge in [-0.25, -0.2) is 4.98 Å². The number of aryl methyl sites for hydroxylation is 1. The maximum Gasteiger partial charge on any atom is 0.238 e. The molecule has 0 radical (unpaired) electrons. The molecule has 0 amide bonds. The molecule has 1 aliphatic heterocycles. The van der Waals surface area contributed by atoms with Crippen LogP contribution in [0.15, 0.2) is 10.7 Å². The highest BCUT2D eigenvalue weighted by atomic mass is 16.5. The lowest BCUT2D eigenvalue weighted by Gasteiger charge is -2.18. The molecule has 1 saturated heterocycles. The van der Waals surface area contributed by atoms with Gasteiger partial charge in [-0.2, -0.15) is 4.98 Å². The minimum Gasteiger partial charge on any atom is -0.339 e. The van der Waals surface area contributed by atoms with Crippen molar-refractivity contribution >= 4 is 0 Å². The van der Waals surface area contributed by atoms with Crippen molar-refractivity contribution in [1.29, 1.82) is 0 Å². The molecule has 0 aromatic carbocycles. The Morgan fingerprint density at radius 1 is 1.47 bits per heavy atom. The summed E-state index contributed by atoms with van der Waals surface area (Å²) in [7, 11) is 0. The van der Waals surface area contributed by atoms with Crippen molar-refractivity contribution in [3.63, 3.8) is 0 Å². The van der Waals surface area contributed by atoms with E-state index in [0.29, 0.717) is 23.5 Å². The minimum absolute atomic E-state index is 0.334. The predicted molar refractivity (Wildman–Crippen MR) is 61.5 cm³/mol. The average Bonchev–Trinajstić information content (AvgIpc) is 2.98. The van der Waals surface area contributed by atoms with Crippen LogP contribution in [0.2, 0.25) is 0 Å². The summed E-state index contributed by atoms with van der Waals surface area (Å²) in [6.07, 6.45) is 4.02. The maximum atomic E-state index is 5.31. The van der Waals surface area contributed by atoms with Gasteiger partial charge < -0.3 is 14.8 Å². The summed E-state index contributed by atoms with van der Waals surface area (Å²) < 4.78 is 5.31. The molecule has 0 unspecified atom stereocenters. The van der Waals surface area contributed by atoms with Gasteiger partial charge in [-0.1, -0.05) is 5.16 Å². The van der Waals surface area contributed by atoms with Crippen LogP contribution in [0.5, 0.6) is 0 Å². The fourth-order valence-electron chi connectivity index (χ4n) is 2.09. The Balaban J connectivity index is 1.82. The van der Waals surface area contributed by atoms with Crippen LogP contribution in [0.1, 0.15) is 30.3 Å². The first-order valence-electron chi connectivity index (χ1n) is 5.89. The molecule has 1 atom stereocenters. The summed E-state index contributed by atoms with van der Waals surface area (Å²) in [5.74, 6) is 2.25. The molecule has 1 fully saturated rings. The molecule has 0 bridgehead atoms. The van der Waals surface area contributed by atoms with Crippen LogP contribution in [0, 0.1) is 6.92 Å². The van der Waals surface area contributed by atoms with Gasteiger partial charge in [0.1, 0.15) is 0 Å². The maximum absolute atomic E-state index is 5.31. The molecule has 6 heteroatoms. The Bertz CT molecular complexity index is 497. The molecule has 1 aliphatic rings. The van der Waals surface area contributed by atoms with Crippen LogP contribution in [0.4, 0.5) is 0 Å². The van der Waals surface area contributed by atoms with Crippen LogP contribution < -0.4 is 5.32 Å². The minimum atomic E-state index is 0.334. The smallest absolute Gasteiger partial charge is 0.238 e. The fraction of sp³-hybridized carbons (Fsp3) is 0.545. The Morgan fingerprint density at radius 2 is 2.41 bits per heavy atom. The van der Waals surface area contributed by atoms with Crippen molar-refractivity contribution in [2.45, 2.75) is 25.7 Å². The van der Waals surface area contributed by atoms with Crippen LogP contribution >= 0.6 is 0 Å². The Morgan fingerprint density at radius 3 is 3.12 bits per heavy atom. The van der Waals surface area contributed by atoms with E-state index in [1.54, 1.807) is 6.20 Å². The monoisotopic (exact) mass is 233 g/mol. The third kappa shape index (κ3) is 2.08. The largest absolute Gasteiger partial charge is 0.339 e. The molecular weight excluding hydrogens is 218 g/mol. The lowest BCUT2D eigenvalue weighted by atomic mass is 10.00. The first-order chi connectivity index (χ1) is 8.33. The molecule has 90 valence electrons. The van der Waals surface area contributed by atoms with Gasteiger partial charge in [-0.15, -0.1) is 0 Å². The molecule has 17 heavy (non-hydrogen) atoms. The average molecular weight is 233 g/mol. The lowest BCUT2D eigenvalue weighted by molar-refractivity contribution is 0.322. The van der Waals surface area contributed by atoms with E-state index in [9.17, 15) is 0 Å². The predicted octanol–water partition coefficient (Wildman–Crippen LogP) is 1.24. The molecule has 0 saturated carbocycles. The van der Waals surface area contributed by atoms with Crippen molar-refractivity contribution in [3.05, 3.63) is 17.8 Å². The zero-order valence-electron chi connectivity index (χ0n) is 9.73. The summed E-state index contributed by atoms with van der Waals surface area (Å²) in [5, 5.41) is 7.30. The van der Waals surface area contributed by atoms with Gasteiger partial charge in [0.25, 0.3) is 0 Å². The summed E-state index contributed by atoms with van der Waals surface area (Å²) in [4.78, 5) is 11.7. The van der Waals surface area contributed by atoms with Crippen molar-refractivity contribution in [1.82, 2.24) is 25.4 Å². The van der Waals surface area contributed by atoms with Crippen molar-refractivity contribution in [2.75, 3.05) is 13.1 Å². The number of nitrogens with zero attached hydrogens (tertiary/aromatic N) is 3. The molecule has 2 aromatic heterocycles. The van der Waals surface area contributed by atoms with E-state index in [0.717, 1.165) is 31.6 Å². The second-order valence-corrected chi connectivity index (χ2v) is 4.41. The molecule has 0 spiro atoms. The lowest BCUT2D eigenvalue weighted by Crippen LogP contribution is -2.28. The van der Waals surface area contributed by atoms with Crippen molar-refractivity contribution in [3.8, 4) is 11.6 Å². The number of aromatic nitrogens is 4. The van der Waals surface area contributed by atoms with E-state index < -0.39 is 0 Å². The summed E-state index contributed by atoms with van der Waals surface area (Å²) >= 11 is 0. The van der Waals surface area contributed by atoms with E-state index >= 15 is 0 Å². The third-order valence-electron chi connectivity index (χ3n) is 3.00. The number of nitrogens with one attached hydrogen (secondary N) is 2. The first-order valence-corrected chi connectivity index (χ1v) is 5.89. The van der Waals surface area contributed by atoms with Crippen LogP contribution in [-0.2, 0) is 0 Å². The Hall–Kier alpha value is -1.69. The zero-order valence-corrected chi connectivity index (χ0v) is 9.73. The second kappa shape index (κ2) is 4.29. The van der Waals surface area contributed by atoms with Crippen LogP contribution in [0.3, 0.4) is 0 Å². The van der Waals surface area contributed by atoms with Gasteiger partial charge in [-0.3, -0.25) is 0 Å². The highest BCUT2D eigenvalue weighted by Crippen LogP contribution is 2.23. The third-order valence-corrected chi connectivity index (χ3v) is 3.00. The van der Waals surface area contributed by atoms with Gasteiger partial charge in [0.2, 0.25) is 11.7 Å². The molecule has 2 N–H and O–H groups in total. The van der Waals surface area contributed by atoms with Crippen LogP contribution in [0.25, 0.3) is 11.6 Å². The van der Waals surface area contributed by atoms with Gasteiger partial charge in [-0.05, 0) is 26.3 Å². The number of H-pyrrole nitrogens is 1. The van der Waals surface area contributed by atoms with Gasteiger partial charge >= 0.3 is 0 Å². The van der Waals surface area contributed by atoms with Crippen LogP contribution in [-0.4, -0.2) is 33.2 Å². The van der Waals surface area contributed by atoms with Gasteiger partial charge in [0.15, 0.2) is 5.82 Å². The molecule has 3 heterocycles. The van der Waals surface area contributed by atoms with E-state index in [4.69, 9.17) is 4.52 Å². The van der Waals surface area contributed by atoms with Gasteiger partial charge in [0, 0.05) is 18.4 Å². The highest BCUT2D eigenvalue weighted by molar-refractivity contribution is 5.42. The summed E-state index contributed by atoms with van der Waals surface area (Å²) in [6, 6.07) is 0. The number of imidazole rings is 1. The number of aromatic amines is 1. The van der Waals surface area contributed by atoms with Gasteiger partial charge in [0.05, 0.1) is 5.92 Å². The normalized spacial score (nSPS) is 20.6. The molecule has 3 rings (SSSR count). The number of hydrogen-bond acceptors (Lipinski definition) is 5. The SMILES string of the molecule is Cc1cnc(-c2noc([C@H]3CCCNC3)n2)[nH]1. The number of hydrogen-bond donors (Lipinski definition) is 2. The quantitative estimate of drug-likeness (QED) is 0.815.